The molecule has 3 aliphatic rings. The molecule has 7 heteroatoms. The van der Waals surface area contributed by atoms with E-state index in [1.165, 1.54) is 4.90 Å². The number of thioether (sulfide) groups is 1. The number of esters is 2. The first-order valence-electron chi connectivity index (χ1n) is 7.25. The van der Waals surface area contributed by atoms with Gasteiger partial charge in [-0.15, -0.1) is 11.8 Å². The van der Waals surface area contributed by atoms with Crippen LogP contribution >= 0.6 is 11.8 Å². The van der Waals surface area contributed by atoms with E-state index in [0.717, 1.165) is 0 Å². The Balaban J connectivity index is 1.57. The zero-order chi connectivity index (χ0) is 16.1. The lowest BCUT2D eigenvalue weighted by atomic mass is 10.1. The van der Waals surface area contributed by atoms with Crippen molar-refractivity contribution in [1.29, 1.82) is 0 Å². The van der Waals surface area contributed by atoms with Crippen LogP contribution in [-0.4, -0.2) is 33.4 Å². The Morgan fingerprint density at radius 1 is 1.35 bits per heavy atom. The summed E-state index contributed by atoms with van der Waals surface area (Å²) in [5, 5.41) is 0.105. The molecule has 1 aromatic rings. The molecule has 2 unspecified atom stereocenters. The fraction of sp³-hybridized carbons (Fsp3) is 0.312. The highest BCUT2D eigenvalue weighted by molar-refractivity contribution is 8.00. The smallest absolute Gasteiger partial charge is 0.358 e. The number of β-lactam (4-membered cyclic amide) rings is 1. The van der Waals surface area contributed by atoms with Crippen LogP contribution in [0.5, 0.6) is 0 Å². The standard InChI is InChI=1S/C16H13NO5S/c1-8-6-11(17-12(18)7-13(17)23-8)15(20)22-16-10-5-3-2-4-9(10)14(19)21-16/h2-6,8,13,16H,7H2,1H3/t8?,13-,16?/m1/s1. The van der Waals surface area contributed by atoms with Crippen LogP contribution in [0.2, 0.25) is 0 Å². The molecule has 0 spiro atoms. The van der Waals surface area contributed by atoms with Gasteiger partial charge in [-0.3, -0.25) is 9.69 Å². The lowest BCUT2D eigenvalue weighted by Gasteiger charge is -2.44. The number of carbonyl (C=O) groups excluding carboxylic acids is 3. The van der Waals surface area contributed by atoms with E-state index in [0.29, 0.717) is 17.5 Å². The minimum Gasteiger partial charge on any atom is -0.417 e. The minimum absolute atomic E-state index is 0.0107. The SMILES string of the molecule is CC1C=C(C(=O)OC2OC(=O)c3ccccc32)N2C(=O)C[C@H]2S1. The van der Waals surface area contributed by atoms with Gasteiger partial charge in [0.2, 0.25) is 5.91 Å². The monoisotopic (exact) mass is 331 g/mol. The first kappa shape index (κ1) is 14.3. The van der Waals surface area contributed by atoms with Crippen molar-refractivity contribution in [3.8, 4) is 0 Å². The van der Waals surface area contributed by atoms with Crippen LogP contribution in [0.25, 0.3) is 0 Å². The lowest BCUT2D eigenvalue weighted by molar-refractivity contribution is -0.167. The molecule has 1 fully saturated rings. The number of benzene rings is 1. The van der Waals surface area contributed by atoms with Gasteiger partial charge in [0.15, 0.2) is 0 Å². The first-order valence-corrected chi connectivity index (χ1v) is 8.19. The van der Waals surface area contributed by atoms with Gasteiger partial charge in [-0.1, -0.05) is 18.2 Å². The normalized spacial score (nSPS) is 28.3. The van der Waals surface area contributed by atoms with Crippen molar-refractivity contribution >= 4 is 29.6 Å². The van der Waals surface area contributed by atoms with E-state index in [1.54, 1.807) is 42.1 Å². The maximum atomic E-state index is 12.5. The van der Waals surface area contributed by atoms with Crippen LogP contribution in [0.4, 0.5) is 0 Å². The zero-order valence-electron chi connectivity index (χ0n) is 12.2. The first-order chi connectivity index (χ1) is 11.0. The van der Waals surface area contributed by atoms with Gasteiger partial charge < -0.3 is 9.47 Å². The molecule has 1 aromatic carbocycles. The van der Waals surface area contributed by atoms with Crippen molar-refractivity contribution in [3.05, 3.63) is 47.2 Å². The van der Waals surface area contributed by atoms with Crippen LogP contribution in [0, 0.1) is 0 Å². The summed E-state index contributed by atoms with van der Waals surface area (Å²) in [6.45, 7) is 1.96. The number of carbonyl (C=O) groups is 3. The van der Waals surface area contributed by atoms with Gasteiger partial charge in [-0.25, -0.2) is 9.59 Å². The molecule has 1 saturated heterocycles. The maximum absolute atomic E-state index is 12.5. The highest BCUT2D eigenvalue weighted by Crippen LogP contribution is 2.41. The zero-order valence-corrected chi connectivity index (χ0v) is 13.0. The molecule has 0 bridgehead atoms. The van der Waals surface area contributed by atoms with E-state index in [4.69, 9.17) is 9.47 Å². The van der Waals surface area contributed by atoms with Gasteiger partial charge in [0.25, 0.3) is 6.29 Å². The lowest BCUT2D eigenvalue weighted by Crippen LogP contribution is -2.54. The van der Waals surface area contributed by atoms with Crippen molar-refractivity contribution in [2.45, 2.75) is 30.3 Å². The van der Waals surface area contributed by atoms with Crippen molar-refractivity contribution in [2.75, 3.05) is 0 Å². The number of rotatable bonds is 2. The molecule has 3 heterocycles. The largest absolute Gasteiger partial charge is 0.417 e. The fourth-order valence-electron chi connectivity index (χ4n) is 2.90. The predicted molar refractivity (Wildman–Crippen MR) is 81.1 cm³/mol. The maximum Gasteiger partial charge on any atom is 0.358 e. The molecule has 0 aromatic heterocycles. The highest BCUT2D eigenvalue weighted by atomic mass is 32.2. The number of amides is 1. The molecule has 6 nitrogen and oxygen atoms in total. The quantitative estimate of drug-likeness (QED) is 0.609. The Labute approximate surface area is 136 Å². The average molecular weight is 331 g/mol. The number of hydrogen-bond acceptors (Lipinski definition) is 6. The number of cyclic esters (lactones) is 1. The second kappa shape index (κ2) is 5.13. The summed E-state index contributed by atoms with van der Waals surface area (Å²) in [5.41, 5.74) is 1.15. The average Bonchev–Trinajstić information content (AvgIpc) is 2.82. The Hall–Kier alpha value is -2.28. The Kier molecular flexibility index (Phi) is 3.19. The summed E-state index contributed by atoms with van der Waals surface area (Å²) in [6, 6.07) is 6.77. The molecule has 1 amide bonds. The molecule has 3 atom stereocenters. The van der Waals surface area contributed by atoms with Crippen LogP contribution in [0.3, 0.4) is 0 Å². The van der Waals surface area contributed by atoms with E-state index in [2.05, 4.69) is 0 Å². The second-order valence-corrected chi connectivity index (χ2v) is 7.11. The molecule has 0 aliphatic carbocycles. The molecule has 23 heavy (non-hydrogen) atoms. The third-order valence-electron chi connectivity index (χ3n) is 4.00. The molecule has 3 aliphatic heterocycles. The Morgan fingerprint density at radius 3 is 2.91 bits per heavy atom. The summed E-state index contributed by atoms with van der Waals surface area (Å²) < 4.78 is 10.5. The van der Waals surface area contributed by atoms with Crippen molar-refractivity contribution < 1.29 is 23.9 Å². The molecule has 0 N–H and O–H groups in total. The Morgan fingerprint density at radius 2 is 2.13 bits per heavy atom. The summed E-state index contributed by atoms with van der Waals surface area (Å²) >= 11 is 1.63. The van der Waals surface area contributed by atoms with E-state index in [1.807, 2.05) is 6.92 Å². The topological polar surface area (TPSA) is 72.9 Å². The van der Waals surface area contributed by atoms with E-state index in [9.17, 15) is 14.4 Å². The van der Waals surface area contributed by atoms with Gasteiger partial charge in [0, 0.05) is 10.8 Å². The van der Waals surface area contributed by atoms with E-state index in [-0.39, 0.29) is 22.2 Å². The predicted octanol–water partition coefficient (Wildman–Crippen LogP) is 1.98. The van der Waals surface area contributed by atoms with Gasteiger partial charge in [0.05, 0.1) is 17.4 Å². The molecule has 118 valence electrons. The number of fused-ring (bicyclic) bond motifs is 2. The fourth-order valence-corrected chi connectivity index (χ4v) is 4.19. The molecular weight excluding hydrogens is 318 g/mol. The van der Waals surface area contributed by atoms with Crippen molar-refractivity contribution in [2.24, 2.45) is 0 Å². The van der Waals surface area contributed by atoms with Gasteiger partial charge >= 0.3 is 11.9 Å². The molecule has 0 radical (unpaired) electrons. The van der Waals surface area contributed by atoms with Crippen LogP contribution in [0.15, 0.2) is 36.0 Å². The minimum atomic E-state index is -1.06. The van der Waals surface area contributed by atoms with Crippen LogP contribution in [-0.2, 0) is 19.1 Å². The van der Waals surface area contributed by atoms with Gasteiger partial charge in [-0.05, 0) is 19.1 Å². The van der Waals surface area contributed by atoms with Crippen LogP contribution < -0.4 is 0 Å². The second-order valence-electron chi connectivity index (χ2n) is 5.55. The summed E-state index contributed by atoms with van der Waals surface area (Å²) in [4.78, 5) is 37.4. The van der Waals surface area contributed by atoms with Crippen molar-refractivity contribution in [1.82, 2.24) is 4.90 Å². The number of hydrogen-bond donors (Lipinski definition) is 0. The number of nitrogens with zero attached hydrogens (tertiary/aromatic N) is 1. The molecule has 0 saturated carbocycles. The molecule has 4 rings (SSSR count). The molecular formula is C16H13NO5S. The third-order valence-corrected chi connectivity index (χ3v) is 5.26. The summed E-state index contributed by atoms with van der Waals surface area (Å²) in [5.74, 6) is -1.26. The summed E-state index contributed by atoms with van der Waals surface area (Å²) in [6.07, 6.45) is 1.08. The summed E-state index contributed by atoms with van der Waals surface area (Å²) in [7, 11) is 0. The van der Waals surface area contributed by atoms with Gasteiger partial charge in [0.1, 0.15) is 5.70 Å². The Bertz CT molecular complexity index is 759. The number of ether oxygens (including phenoxy) is 2. The van der Waals surface area contributed by atoms with Crippen LogP contribution in [0.1, 0.15) is 35.6 Å². The van der Waals surface area contributed by atoms with E-state index < -0.39 is 18.2 Å². The van der Waals surface area contributed by atoms with E-state index >= 15 is 0 Å². The van der Waals surface area contributed by atoms with Gasteiger partial charge in [-0.2, -0.15) is 0 Å². The van der Waals surface area contributed by atoms with Crippen molar-refractivity contribution in [3.63, 3.8) is 0 Å². The third kappa shape index (κ3) is 2.23. The highest BCUT2D eigenvalue weighted by Gasteiger charge is 2.46.